The second kappa shape index (κ2) is 10.5. The minimum absolute atomic E-state index is 0. The molecule has 0 aromatic heterocycles. The normalized spacial score (nSPS) is 14.8. The van der Waals surface area contributed by atoms with Crippen LogP contribution in [-0.2, 0) is 24.3 Å². The molecule has 0 radical (unpaired) electrons. The van der Waals surface area contributed by atoms with Crippen LogP contribution in [0, 0.1) is 0 Å². The van der Waals surface area contributed by atoms with E-state index in [0.29, 0.717) is 0 Å². The molecular weight excluding hydrogens is 274 g/mol. The van der Waals surface area contributed by atoms with Crippen molar-refractivity contribution >= 4 is 5.97 Å². The molecule has 0 aliphatic carbocycles. The maximum absolute atomic E-state index is 9.45. The SMILES string of the molecule is CC(O)C(=O)O.CCCCN1C=CN(C)C1.[Zn]. The van der Waals surface area contributed by atoms with E-state index >= 15 is 0 Å². The molecule has 17 heavy (non-hydrogen) atoms. The van der Waals surface area contributed by atoms with Crippen LogP contribution in [0.1, 0.15) is 26.7 Å². The molecule has 0 aromatic carbocycles. The number of aliphatic carboxylic acids is 1. The van der Waals surface area contributed by atoms with Crippen LogP contribution in [0.25, 0.3) is 0 Å². The van der Waals surface area contributed by atoms with Crippen molar-refractivity contribution in [2.45, 2.75) is 32.8 Å². The quantitative estimate of drug-likeness (QED) is 0.755. The Bertz CT molecular complexity index is 235. The summed E-state index contributed by atoms with van der Waals surface area (Å²) in [5, 5.41) is 15.8. The standard InChI is InChI=1S/C8H16N2.C3H6O3.Zn/c1-3-4-5-10-7-6-9(2)8-10;1-2(4)3(5)6;/h6-7H,3-5,8H2,1-2H3;2,4H,1H3,(H,5,6);. The number of carbonyl (C=O) groups is 1. The summed E-state index contributed by atoms with van der Waals surface area (Å²) in [6, 6.07) is 0. The van der Waals surface area contributed by atoms with Crippen LogP contribution in [0.15, 0.2) is 12.4 Å². The smallest absolute Gasteiger partial charge is 0.332 e. The zero-order valence-corrected chi connectivity index (χ0v) is 13.9. The van der Waals surface area contributed by atoms with Crippen LogP contribution in [0.2, 0.25) is 0 Å². The van der Waals surface area contributed by atoms with E-state index in [9.17, 15) is 4.79 Å². The van der Waals surface area contributed by atoms with Gasteiger partial charge in [0.2, 0.25) is 0 Å². The van der Waals surface area contributed by atoms with Gasteiger partial charge in [-0.3, -0.25) is 0 Å². The van der Waals surface area contributed by atoms with E-state index < -0.39 is 12.1 Å². The number of nitrogens with zero attached hydrogens (tertiary/aromatic N) is 2. The van der Waals surface area contributed by atoms with Gasteiger partial charge in [-0.1, -0.05) is 13.3 Å². The van der Waals surface area contributed by atoms with E-state index in [0.717, 1.165) is 6.67 Å². The van der Waals surface area contributed by atoms with Gasteiger partial charge in [-0.15, -0.1) is 0 Å². The number of carboxylic acid groups (broad SMARTS) is 1. The summed E-state index contributed by atoms with van der Waals surface area (Å²) >= 11 is 0. The Morgan fingerprint density at radius 1 is 1.47 bits per heavy atom. The molecule has 0 spiro atoms. The number of aliphatic hydroxyl groups excluding tert-OH is 1. The van der Waals surface area contributed by atoms with Gasteiger partial charge in [-0.05, 0) is 13.3 Å². The second-order valence-electron chi connectivity index (χ2n) is 3.88. The Morgan fingerprint density at radius 2 is 2.00 bits per heavy atom. The topological polar surface area (TPSA) is 64.0 Å². The first-order valence-electron chi connectivity index (χ1n) is 5.50. The van der Waals surface area contributed by atoms with E-state index in [1.807, 2.05) is 0 Å². The summed E-state index contributed by atoms with van der Waals surface area (Å²) in [6.45, 7) is 5.70. The molecular formula is C11H22N2O3Zn. The number of rotatable bonds is 4. The Labute approximate surface area is 116 Å². The van der Waals surface area contributed by atoms with E-state index in [1.54, 1.807) is 0 Å². The van der Waals surface area contributed by atoms with Gasteiger partial charge in [0.25, 0.3) is 0 Å². The molecule has 1 heterocycles. The minimum atomic E-state index is -1.23. The van der Waals surface area contributed by atoms with Crippen molar-refractivity contribution in [3.05, 3.63) is 12.4 Å². The molecule has 1 atom stereocenters. The minimum Gasteiger partial charge on any atom is -0.479 e. The van der Waals surface area contributed by atoms with E-state index in [-0.39, 0.29) is 19.5 Å². The molecule has 0 bridgehead atoms. The molecule has 1 rings (SSSR count). The van der Waals surface area contributed by atoms with Crippen LogP contribution < -0.4 is 0 Å². The third-order valence-corrected chi connectivity index (χ3v) is 2.09. The molecule has 0 amide bonds. The third kappa shape index (κ3) is 10.3. The number of carboxylic acids is 1. The fourth-order valence-corrected chi connectivity index (χ4v) is 1.10. The van der Waals surface area contributed by atoms with Gasteiger partial charge in [0.1, 0.15) is 6.10 Å². The summed E-state index contributed by atoms with van der Waals surface area (Å²) in [5.74, 6) is -1.19. The van der Waals surface area contributed by atoms with E-state index in [4.69, 9.17) is 10.2 Å². The van der Waals surface area contributed by atoms with Crippen LogP contribution in [0.3, 0.4) is 0 Å². The van der Waals surface area contributed by atoms with Crippen LogP contribution in [0.5, 0.6) is 0 Å². The van der Waals surface area contributed by atoms with Crippen molar-refractivity contribution < 1.29 is 34.5 Å². The monoisotopic (exact) mass is 294 g/mol. The fraction of sp³-hybridized carbons (Fsp3) is 0.727. The average molecular weight is 296 g/mol. The first kappa shape index (κ1) is 18.8. The van der Waals surface area contributed by atoms with Crippen molar-refractivity contribution in [1.82, 2.24) is 9.80 Å². The third-order valence-electron chi connectivity index (χ3n) is 2.09. The predicted octanol–water partition coefficient (Wildman–Crippen LogP) is 0.912. The molecule has 0 saturated carbocycles. The Kier molecular flexibility index (Phi) is 11.6. The summed E-state index contributed by atoms with van der Waals surface area (Å²) in [4.78, 5) is 14.0. The number of hydrogen-bond acceptors (Lipinski definition) is 4. The van der Waals surface area contributed by atoms with E-state index in [2.05, 4.69) is 36.2 Å². The maximum Gasteiger partial charge on any atom is 0.332 e. The van der Waals surface area contributed by atoms with Gasteiger partial charge in [0.05, 0.1) is 6.67 Å². The summed E-state index contributed by atoms with van der Waals surface area (Å²) in [5.41, 5.74) is 0. The van der Waals surface area contributed by atoms with Crippen molar-refractivity contribution in [2.24, 2.45) is 0 Å². The maximum atomic E-state index is 9.45. The van der Waals surface area contributed by atoms with Gasteiger partial charge in [-0.2, -0.15) is 0 Å². The number of aliphatic hydroxyl groups is 1. The molecule has 0 saturated heterocycles. The fourth-order valence-electron chi connectivity index (χ4n) is 1.10. The summed E-state index contributed by atoms with van der Waals surface area (Å²) in [7, 11) is 2.10. The predicted molar refractivity (Wildman–Crippen MR) is 62.7 cm³/mol. The number of unbranched alkanes of at least 4 members (excludes halogenated alkanes) is 1. The molecule has 1 aliphatic rings. The van der Waals surface area contributed by atoms with Crippen molar-refractivity contribution in [3.63, 3.8) is 0 Å². The van der Waals surface area contributed by atoms with Crippen LogP contribution in [-0.4, -0.2) is 52.3 Å². The van der Waals surface area contributed by atoms with Crippen molar-refractivity contribution in [3.8, 4) is 0 Å². The molecule has 2 N–H and O–H groups in total. The van der Waals surface area contributed by atoms with Crippen LogP contribution >= 0.6 is 0 Å². The zero-order valence-electron chi connectivity index (χ0n) is 11.0. The first-order chi connectivity index (χ1) is 7.47. The molecule has 0 aromatic rings. The average Bonchev–Trinajstić information content (AvgIpc) is 2.62. The molecule has 96 valence electrons. The Morgan fingerprint density at radius 3 is 2.29 bits per heavy atom. The molecule has 5 nitrogen and oxygen atoms in total. The molecule has 1 aliphatic heterocycles. The Balaban J connectivity index is 0. The van der Waals surface area contributed by atoms with Gasteiger partial charge < -0.3 is 20.0 Å². The van der Waals surface area contributed by atoms with Gasteiger partial charge in [-0.25, -0.2) is 4.79 Å². The Hall–Kier alpha value is -0.607. The van der Waals surface area contributed by atoms with Crippen molar-refractivity contribution in [1.29, 1.82) is 0 Å². The first-order valence-corrected chi connectivity index (χ1v) is 5.50. The molecule has 6 heteroatoms. The number of hydrogen-bond donors (Lipinski definition) is 2. The largest absolute Gasteiger partial charge is 0.479 e. The van der Waals surface area contributed by atoms with Crippen molar-refractivity contribution in [2.75, 3.05) is 20.3 Å². The van der Waals surface area contributed by atoms with Gasteiger partial charge >= 0.3 is 5.97 Å². The summed E-state index contributed by atoms with van der Waals surface area (Å²) in [6.07, 6.45) is 5.64. The second-order valence-corrected chi connectivity index (χ2v) is 3.88. The summed E-state index contributed by atoms with van der Waals surface area (Å²) < 4.78 is 0. The van der Waals surface area contributed by atoms with Gasteiger partial charge in [0, 0.05) is 45.5 Å². The van der Waals surface area contributed by atoms with Gasteiger partial charge in [0.15, 0.2) is 0 Å². The van der Waals surface area contributed by atoms with E-state index in [1.165, 1.54) is 26.3 Å². The molecule has 0 fully saturated rings. The molecule has 1 unspecified atom stereocenters. The van der Waals surface area contributed by atoms with Crippen LogP contribution in [0.4, 0.5) is 0 Å². The zero-order chi connectivity index (χ0) is 12.6.